The van der Waals surface area contributed by atoms with Crippen molar-refractivity contribution in [2.75, 3.05) is 18.5 Å². The summed E-state index contributed by atoms with van der Waals surface area (Å²) in [6.07, 6.45) is 3.46. The number of hydrogen-bond acceptors (Lipinski definition) is 4. The maximum absolute atomic E-state index is 12.4. The number of nitrogens with one attached hydrogen (secondary N) is 2. The largest absolute Gasteiger partial charge is 0.399 e. The number of aromatic nitrogens is 1. The molecule has 4 N–H and O–H groups in total. The minimum atomic E-state index is -3.54. The highest BCUT2D eigenvalue weighted by atomic mass is 32.2. The topological polar surface area (TPSA) is 88.0 Å². The Hall–Kier alpha value is -1.18. The molecule has 110 valence electrons. The summed E-state index contributed by atoms with van der Waals surface area (Å²) in [4.78, 5) is 3.20. The van der Waals surface area contributed by atoms with E-state index in [9.17, 15) is 8.42 Å². The van der Waals surface area contributed by atoms with Crippen LogP contribution in [0.1, 0.15) is 13.8 Å². The summed E-state index contributed by atoms with van der Waals surface area (Å²) in [6, 6.07) is 5.14. The first kappa shape index (κ1) is 15.2. The molecule has 0 fully saturated rings. The van der Waals surface area contributed by atoms with E-state index in [1.165, 1.54) is 6.20 Å². The Morgan fingerprint density at radius 1 is 1.40 bits per heavy atom. The molecule has 0 bridgehead atoms. The first-order valence-electron chi connectivity index (χ1n) is 6.17. The molecule has 20 heavy (non-hydrogen) atoms. The third-order valence-electron chi connectivity index (χ3n) is 3.20. The first-order valence-corrected chi connectivity index (χ1v) is 8.87. The molecule has 0 aliphatic carbocycles. The van der Waals surface area contributed by atoms with Gasteiger partial charge in [-0.2, -0.15) is 11.8 Å². The Morgan fingerprint density at radius 2 is 2.10 bits per heavy atom. The van der Waals surface area contributed by atoms with E-state index in [-0.39, 0.29) is 9.64 Å². The number of benzene rings is 1. The number of hydrogen-bond donors (Lipinski definition) is 3. The predicted molar refractivity (Wildman–Crippen MR) is 85.5 cm³/mol. The predicted octanol–water partition coefficient (Wildman–Crippen LogP) is 2.17. The summed E-state index contributed by atoms with van der Waals surface area (Å²) in [7, 11) is -3.54. The van der Waals surface area contributed by atoms with Crippen LogP contribution in [0, 0.1) is 0 Å². The van der Waals surface area contributed by atoms with Crippen LogP contribution in [0.2, 0.25) is 0 Å². The zero-order chi connectivity index (χ0) is 15.0. The summed E-state index contributed by atoms with van der Waals surface area (Å²) >= 11 is 1.62. The molecule has 0 radical (unpaired) electrons. The van der Waals surface area contributed by atoms with Gasteiger partial charge in [0.05, 0.1) is 0 Å². The van der Waals surface area contributed by atoms with E-state index in [4.69, 9.17) is 5.73 Å². The van der Waals surface area contributed by atoms with Crippen molar-refractivity contribution in [2.45, 2.75) is 23.5 Å². The second-order valence-corrected chi connectivity index (χ2v) is 8.50. The van der Waals surface area contributed by atoms with Crippen molar-refractivity contribution in [3.63, 3.8) is 0 Å². The monoisotopic (exact) mass is 313 g/mol. The number of H-pyrrole nitrogens is 1. The molecule has 7 heteroatoms. The fourth-order valence-electron chi connectivity index (χ4n) is 1.76. The third-order valence-corrected chi connectivity index (χ3v) is 5.89. The van der Waals surface area contributed by atoms with Gasteiger partial charge >= 0.3 is 0 Å². The smallest absolute Gasteiger partial charge is 0.242 e. The molecule has 5 nitrogen and oxygen atoms in total. The van der Waals surface area contributed by atoms with Gasteiger partial charge in [0.2, 0.25) is 10.0 Å². The zero-order valence-electron chi connectivity index (χ0n) is 11.7. The minimum Gasteiger partial charge on any atom is -0.399 e. The number of thioether (sulfide) groups is 1. The fourth-order valence-corrected chi connectivity index (χ4v) is 3.45. The molecule has 1 aromatic heterocycles. The second-order valence-electron chi connectivity index (χ2n) is 5.25. The average Bonchev–Trinajstić information content (AvgIpc) is 2.80. The van der Waals surface area contributed by atoms with E-state index in [0.29, 0.717) is 17.6 Å². The number of nitrogens with two attached hydrogens (primary N) is 1. The Bertz CT molecular complexity index is 720. The van der Waals surface area contributed by atoms with Crippen LogP contribution in [0.4, 0.5) is 5.69 Å². The van der Waals surface area contributed by atoms with Gasteiger partial charge in [0, 0.05) is 34.1 Å². The number of anilines is 1. The van der Waals surface area contributed by atoms with Crippen molar-refractivity contribution < 1.29 is 8.42 Å². The molecule has 0 unspecified atom stereocenters. The van der Waals surface area contributed by atoms with Gasteiger partial charge in [-0.1, -0.05) is 0 Å². The van der Waals surface area contributed by atoms with Gasteiger partial charge < -0.3 is 10.7 Å². The lowest BCUT2D eigenvalue weighted by molar-refractivity contribution is 0.571. The van der Waals surface area contributed by atoms with Gasteiger partial charge in [-0.05, 0) is 38.3 Å². The molecule has 1 heterocycles. The van der Waals surface area contributed by atoms with Crippen molar-refractivity contribution in [2.24, 2.45) is 0 Å². The van der Waals surface area contributed by atoms with Crippen LogP contribution >= 0.6 is 11.8 Å². The molecule has 1 aromatic carbocycles. The third kappa shape index (κ3) is 3.11. The van der Waals surface area contributed by atoms with Gasteiger partial charge in [-0.25, -0.2) is 13.1 Å². The fraction of sp³-hybridized carbons (Fsp3) is 0.385. The molecule has 0 aliphatic heterocycles. The quantitative estimate of drug-likeness (QED) is 0.738. The molecular formula is C13H19N3O2S2. The van der Waals surface area contributed by atoms with Crippen molar-refractivity contribution in [1.29, 1.82) is 0 Å². The number of fused-ring (bicyclic) bond motifs is 1. The Labute approximate surface area is 123 Å². The number of aromatic amines is 1. The summed E-state index contributed by atoms with van der Waals surface area (Å²) in [6.45, 7) is 4.37. The van der Waals surface area contributed by atoms with E-state index < -0.39 is 10.0 Å². The molecule has 0 saturated heterocycles. The van der Waals surface area contributed by atoms with Crippen LogP contribution < -0.4 is 10.5 Å². The first-order chi connectivity index (χ1) is 9.25. The highest BCUT2D eigenvalue weighted by Crippen LogP contribution is 2.25. The van der Waals surface area contributed by atoms with E-state index in [0.717, 1.165) is 5.52 Å². The standard InChI is InChI=1S/C13H19N3O2S2/c1-13(2,19-3)8-16-20(17,18)12-7-15-11-6-9(14)4-5-10(11)12/h4-7,15-16H,8,14H2,1-3H3. The van der Waals surface area contributed by atoms with Crippen molar-refractivity contribution in [3.05, 3.63) is 24.4 Å². The maximum atomic E-state index is 12.4. The van der Waals surface area contributed by atoms with Gasteiger partial charge in [0.15, 0.2) is 0 Å². The van der Waals surface area contributed by atoms with E-state index in [1.54, 1.807) is 30.0 Å². The normalized spacial score (nSPS) is 12.9. The van der Waals surface area contributed by atoms with E-state index in [2.05, 4.69) is 9.71 Å². The molecule has 0 atom stereocenters. The van der Waals surface area contributed by atoms with Gasteiger partial charge in [-0.3, -0.25) is 0 Å². The molecule has 0 amide bonds. The van der Waals surface area contributed by atoms with Crippen LogP contribution in [0.5, 0.6) is 0 Å². The SMILES string of the molecule is CSC(C)(C)CNS(=O)(=O)c1c[nH]c2cc(N)ccc12. The van der Waals surface area contributed by atoms with Crippen LogP contribution in [0.3, 0.4) is 0 Å². The summed E-state index contributed by atoms with van der Waals surface area (Å²) in [5.74, 6) is 0. The maximum Gasteiger partial charge on any atom is 0.242 e. The van der Waals surface area contributed by atoms with Crippen molar-refractivity contribution in [3.8, 4) is 0 Å². The average molecular weight is 313 g/mol. The van der Waals surface area contributed by atoms with Crippen molar-refractivity contribution >= 4 is 38.4 Å². The van der Waals surface area contributed by atoms with Gasteiger partial charge in [0.1, 0.15) is 4.90 Å². The van der Waals surface area contributed by atoms with Crippen LogP contribution in [0.25, 0.3) is 10.9 Å². The summed E-state index contributed by atoms with van der Waals surface area (Å²) < 4.78 is 27.3. The van der Waals surface area contributed by atoms with Crippen molar-refractivity contribution in [1.82, 2.24) is 9.71 Å². The lowest BCUT2D eigenvalue weighted by atomic mass is 10.2. The van der Waals surface area contributed by atoms with Gasteiger partial charge in [0.25, 0.3) is 0 Å². The van der Waals surface area contributed by atoms with Crippen LogP contribution in [-0.4, -0.2) is 30.9 Å². The molecular weight excluding hydrogens is 294 g/mol. The van der Waals surface area contributed by atoms with Crippen LogP contribution in [0.15, 0.2) is 29.3 Å². The lowest BCUT2D eigenvalue weighted by Gasteiger charge is -2.22. The molecule has 2 rings (SSSR count). The lowest BCUT2D eigenvalue weighted by Crippen LogP contribution is -2.35. The Morgan fingerprint density at radius 3 is 2.75 bits per heavy atom. The Kier molecular flexibility index (Phi) is 4.04. The molecule has 2 aromatic rings. The van der Waals surface area contributed by atoms with E-state index in [1.807, 2.05) is 20.1 Å². The minimum absolute atomic E-state index is 0.149. The highest BCUT2D eigenvalue weighted by Gasteiger charge is 2.23. The second kappa shape index (κ2) is 5.31. The zero-order valence-corrected chi connectivity index (χ0v) is 13.4. The van der Waals surface area contributed by atoms with Gasteiger partial charge in [-0.15, -0.1) is 0 Å². The molecule has 0 saturated carbocycles. The molecule has 0 spiro atoms. The Balaban J connectivity index is 2.33. The number of rotatable bonds is 5. The number of sulfonamides is 1. The molecule has 0 aliphatic rings. The summed E-state index contributed by atoms with van der Waals surface area (Å²) in [5.41, 5.74) is 7.00. The summed E-state index contributed by atoms with van der Waals surface area (Å²) in [5, 5.41) is 0.647. The highest BCUT2D eigenvalue weighted by molar-refractivity contribution is 8.00. The van der Waals surface area contributed by atoms with E-state index >= 15 is 0 Å². The number of nitrogen functional groups attached to an aromatic ring is 1. The van der Waals surface area contributed by atoms with Crippen LogP contribution in [-0.2, 0) is 10.0 Å².